The van der Waals surface area contributed by atoms with E-state index in [0.29, 0.717) is 12.8 Å². The third-order valence-electron chi connectivity index (χ3n) is 1.34. The maximum atomic E-state index is 10.9. The number of carbonyl (C=O) groups is 2. The highest BCUT2D eigenvalue weighted by Gasteiger charge is 2.06. The summed E-state index contributed by atoms with van der Waals surface area (Å²) in [6.45, 7) is 0. The van der Waals surface area contributed by atoms with Gasteiger partial charge in [0, 0.05) is 30.0 Å². The van der Waals surface area contributed by atoms with Crippen LogP contribution in [0.2, 0.25) is 0 Å². The molecular weight excluding hydrogens is 194 g/mol. The van der Waals surface area contributed by atoms with Gasteiger partial charge >= 0.3 is 5.97 Å². The molecular formula is C7H13NO4S. The first kappa shape index (κ1) is 12.1. The Morgan fingerprint density at radius 3 is 2.54 bits per heavy atom. The Balaban J connectivity index is 3.48. The Hall–Kier alpha value is -0.910. The van der Waals surface area contributed by atoms with Crippen LogP contribution in [0.15, 0.2) is 0 Å². The molecule has 0 aliphatic heterocycles. The molecule has 0 aromatic carbocycles. The third-order valence-corrected chi connectivity index (χ3v) is 2.65. The molecule has 1 atom stereocenters. The molecule has 0 aromatic heterocycles. The highest BCUT2D eigenvalue weighted by Crippen LogP contribution is 1.93. The Bertz CT molecular complexity index is 217. The predicted molar refractivity (Wildman–Crippen MR) is 48.8 cm³/mol. The predicted octanol–water partition coefficient (Wildman–Crippen LogP) is -0.654. The number of hydrogen-bond donors (Lipinski definition) is 2. The summed E-state index contributed by atoms with van der Waals surface area (Å²) in [5.74, 6) is -1.27. The summed E-state index contributed by atoms with van der Waals surface area (Å²) < 4.78 is 10.9. The van der Waals surface area contributed by atoms with Gasteiger partial charge < -0.3 is 10.4 Å². The molecule has 0 fully saturated rings. The van der Waals surface area contributed by atoms with E-state index in [1.54, 1.807) is 0 Å². The molecule has 1 amide bonds. The van der Waals surface area contributed by atoms with Gasteiger partial charge in [0.25, 0.3) is 0 Å². The van der Waals surface area contributed by atoms with E-state index in [1.165, 1.54) is 7.05 Å². The molecule has 6 heteroatoms. The lowest BCUT2D eigenvalue weighted by atomic mass is 10.3. The topological polar surface area (TPSA) is 83.5 Å². The van der Waals surface area contributed by atoms with E-state index < -0.39 is 16.8 Å². The minimum absolute atomic E-state index is 0.118. The Kier molecular flexibility index (Phi) is 6.13. The van der Waals surface area contributed by atoms with E-state index in [2.05, 4.69) is 5.32 Å². The van der Waals surface area contributed by atoms with Crippen molar-refractivity contribution >= 4 is 22.7 Å². The molecule has 0 saturated heterocycles. The van der Waals surface area contributed by atoms with Gasteiger partial charge in [-0.25, -0.2) is 0 Å². The second-order valence-corrected chi connectivity index (χ2v) is 4.04. The molecule has 0 bridgehead atoms. The van der Waals surface area contributed by atoms with E-state index >= 15 is 0 Å². The van der Waals surface area contributed by atoms with Crippen LogP contribution in [-0.4, -0.2) is 39.7 Å². The minimum atomic E-state index is -1.35. The lowest BCUT2D eigenvalue weighted by Crippen LogP contribution is -2.19. The summed E-state index contributed by atoms with van der Waals surface area (Å²) in [6, 6.07) is 0. The first-order valence-electron chi connectivity index (χ1n) is 3.83. The number of carbonyl (C=O) groups excluding carboxylic acids is 1. The number of carboxylic acids is 1. The molecule has 5 nitrogen and oxygen atoms in total. The van der Waals surface area contributed by atoms with Crippen molar-refractivity contribution in [3.63, 3.8) is 0 Å². The van der Waals surface area contributed by atoms with Gasteiger partial charge in [0.1, 0.15) is 5.75 Å². The molecule has 0 aliphatic carbocycles. The highest BCUT2D eigenvalue weighted by molar-refractivity contribution is 7.85. The van der Waals surface area contributed by atoms with Gasteiger partial charge in [-0.05, 0) is 6.42 Å². The highest BCUT2D eigenvalue weighted by atomic mass is 32.2. The quantitative estimate of drug-likeness (QED) is 0.606. The van der Waals surface area contributed by atoms with E-state index in [9.17, 15) is 13.8 Å². The van der Waals surface area contributed by atoms with Crippen LogP contribution in [0, 0.1) is 0 Å². The van der Waals surface area contributed by atoms with Gasteiger partial charge in [-0.3, -0.25) is 13.8 Å². The molecule has 2 N–H and O–H groups in total. The Morgan fingerprint density at radius 1 is 1.46 bits per heavy atom. The summed E-state index contributed by atoms with van der Waals surface area (Å²) in [4.78, 5) is 20.8. The van der Waals surface area contributed by atoms with Crippen molar-refractivity contribution in [2.75, 3.05) is 18.6 Å². The van der Waals surface area contributed by atoms with Crippen molar-refractivity contribution in [3.05, 3.63) is 0 Å². The third kappa shape index (κ3) is 7.45. The van der Waals surface area contributed by atoms with E-state index in [0.717, 1.165) is 0 Å². The molecule has 76 valence electrons. The summed E-state index contributed by atoms with van der Waals surface area (Å²) in [6.07, 6.45) is 0.751. The molecule has 0 rings (SSSR count). The molecule has 0 radical (unpaired) electrons. The van der Waals surface area contributed by atoms with Crippen LogP contribution < -0.4 is 5.32 Å². The van der Waals surface area contributed by atoms with Crippen molar-refractivity contribution in [2.24, 2.45) is 0 Å². The smallest absolute Gasteiger partial charge is 0.316 e. The fourth-order valence-electron chi connectivity index (χ4n) is 0.729. The van der Waals surface area contributed by atoms with Crippen LogP contribution in [0.5, 0.6) is 0 Å². The van der Waals surface area contributed by atoms with Gasteiger partial charge in [-0.15, -0.1) is 0 Å². The van der Waals surface area contributed by atoms with Gasteiger partial charge in [-0.1, -0.05) is 0 Å². The first-order chi connectivity index (χ1) is 6.06. The maximum Gasteiger partial charge on any atom is 0.316 e. The largest absolute Gasteiger partial charge is 0.481 e. The van der Waals surface area contributed by atoms with Gasteiger partial charge in [-0.2, -0.15) is 0 Å². The van der Waals surface area contributed by atoms with E-state index in [1.807, 2.05) is 0 Å². The molecule has 1 unspecified atom stereocenters. The number of amides is 1. The zero-order valence-electron chi connectivity index (χ0n) is 7.41. The van der Waals surface area contributed by atoms with Gasteiger partial charge in [0.05, 0.1) is 0 Å². The van der Waals surface area contributed by atoms with Crippen LogP contribution in [0.3, 0.4) is 0 Å². The van der Waals surface area contributed by atoms with E-state index in [-0.39, 0.29) is 17.4 Å². The second kappa shape index (κ2) is 6.59. The maximum absolute atomic E-state index is 10.9. The van der Waals surface area contributed by atoms with E-state index in [4.69, 9.17) is 5.11 Å². The van der Waals surface area contributed by atoms with Crippen molar-refractivity contribution in [2.45, 2.75) is 12.8 Å². The fourth-order valence-corrected chi connectivity index (χ4v) is 1.61. The molecule has 0 spiro atoms. The average Bonchev–Trinajstić information content (AvgIpc) is 2.02. The van der Waals surface area contributed by atoms with Crippen LogP contribution >= 0.6 is 0 Å². The van der Waals surface area contributed by atoms with Crippen molar-refractivity contribution in [1.82, 2.24) is 5.32 Å². The van der Waals surface area contributed by atoms with Crippen LogP contribution in [0.1, 0.15) is 12.8 Å². The Morgan fingerprint density at radius 2 is 2.08 bits per heavy atom. The number of rotatable bonds is 6. The summed E-state index contributed by atoms with van der Waals surface area (Å²) in [7, 11) is 0.176. The van der Waals surface area contributed by atoms with Crippen molar-refractivity contribution < 1.29 is 18.9 Å². The lowest BCUT2D eigenvalue weighted by molar-refractivity contribution is -0.134. The average molecular weight is 207 g/mol. The standard InChI is InChI=1S/C7H13NO4S/c1-8-6(9)3-2-4-13(12)5-7(10)11/h2-5H2,1H3,(H,8,9)(H,10,11). The van der Waals surface area contributed by atoms with Crippen LogP contribution in [-0.2, 0) is 20.4 Å². The van der Waals surface area contributed by atoms with Crippen LogP contribution in [0.4, 0.5) is 0 Å². The molecule has 0 aromatic rings. The number of carboxylic acid groups (broad SMARTS) is 1. The zero-order chi connectivity index (χ0) is 10.3. The fraction of sp³-hybridized carbons (Fsp3) is 0.714. The summed E-state index contributed by atoms with van der Waals surface area (Å²) in [5, 5.41) is 10.7. The zero-order valence-corrected chi connectivity index (χ0v) is 8.23. The number of aliphatic carboxylic acids is 1. The lowest BCUT2D eigenvalue weighted by Gasteiger charge is -1.99. The van der Waals surface area contributed by atoms with Crippen molar-refractivity contribution in [3.8, 4) is 0 Å². The normalized spacial score (nSPS) is 12.1. The van der Waals surface area contributed by atoms with Crippen molar-refractivity contribution in [1.29, 1.82) is 0 Å². The molecule has 13 heavy (non-hydrogen) atoms. The van der Waals surface area contributed by atoms with Gasteiger partial charge in [0.2, 0.25) is 5.91 Å². The summed E-state index contributed by atoms with van der Waals surface area (Å²) >= 11 is 0. The monoisotopic (exact) mass is 207 g/mol. The number of nitrogens with one attached hydrogen (secondary N) is 1. The molecule has 0 saturated carbocycles. The molecule has 0 heterocycles. The SMILES string of the molecule is CNC(=O)CCCS(=O)CC(=O)O. The number of hydrogen-bond acceptors (Lipinski definition) is 3. The summed E-state index contributed by atoms with van der Waals surface area (Å²) in [5.41, 5.74) is 0. The van der Waals surface area contributed by atoms with Gasteiger partial charge in [0.15, 0.2) is 0 Å². The van der Waals surface area contributed by atoms with Crippen LogP contribution in [0.25, 0.3) is 0 Å². The first-order valence-corrected chi connectivity index (χ1v) is 5.32. The Labute approximate surface area is 79.0 Å². The molecule has 0 aliphatic rings. The minimum Gasteiger partial charge on any atom is -0.481 e. The second-order valence-electron chi connectivity index (χ2n) is 2.46.